The van der Waals surface area contributed by atoms with Crippen LogP contribution in [-0.4, -0.2) is 42.2 Å². The van der Waals surface area contributed by atoms with Crippen molar-refractivity contribution in [1.29, 1.82) is 0 Å². The van der Waals surface area contributed by atoms with Gasteiger partial charge in [-0.05, 0) is 36.8 Å². The van der Waals surface area contributed by atoms with E-state index in [1.165, 1.54) is 34.8 Å². The van der Waals surface area contributed by atoms with Gasteiger partial charge in [-0.1, -0.05) is 26.0 Å². The number of benzene rings is 1. The third-order valence-electron chi connectivity index (χ3n) is 4.30. The van der Waals surface area contributed by atoms with Gasteiger partial charge in [0.15, 0.2) is 0 Å². The van der Waals surface area contributed by atoms with E-state index >= 15 is 0 Å². The highest BCUT2D eigenvalue weighted by Gasteiger charge is 2.32. The molecule has 0 spiro atoms. The van der Waals surface area contributed by atoms with Crippen LogP contribution in [0.25, 0.3) is 0 Å². The van der Waals surface area contributed by atoms with Gasteiger partial charge >= 0.3 is 5.51 Å². The quantitative estimate of drug-likeness (QED) is 0.596. The fourth-order valence-electron chi connectivity index (χ4n) is 2.75. The SMILES string of the molecule is CCN(CC)S(=O)(=O)c1ccc(C(C)NC(=O)c2cccnc2SC(F)(F)F)cc1. The van der Waals surface area contributed by atoms with Crippen LogP contribution in [0.1, 0.15) is 42.7 Å². The van der Waals surface area contributed by atoms with Crippen molar-refractivity contribution in [2.24, 2.45) is 0 Å². The molecule has 0 aliphatic carbocycles. The summed E-state index contributed by atoms with van der Waals surface area (Å²) < 4.78 is 64.5. The van der Waals surface area contributed by atoms with E-state index in [9.17, 15) is 26.4 Å². The van der Waals surface area contributed by atoms with E-state index in [4.69, 9.17) is 0 Å². The number of nitrogens with zero attached hydrogens (tertiary/aromatic N) is 2. The Hall–Kier alpha value is -2.11. The van der Waals surface area contributed by atoms with Crippen LogP contribution in [0.15, 0.2) is 52.5 Å². The first-order valence-corrected chi connectivity index (χ1v) is 11.4. The third-order valence-corrected chi connectivity index (χ3v) is 7.11. The maximum Gasteiger partial charge on any atom is 0.447 e. The molecule has 1 N–H and O–H groups in total. The van der Waals surface area contributed by atoms with Gasteiger partial charge < -0.3 is 5.32 Å². The molecule has 0 bridgehead atoms. The van der Waals surface area contributed by atoms with E-state index in [0.717, 1.165) is 0 Å². The average Bonchev–Trinajstić information content (AvgIpc) is 2.68. The highest BCUT2D eigenvalue weighted by Crippen LogP contribution is 2.37. The Labute approximate surface area is 177 Å². The van der Waals surface area contributed by atoms with Gasteiger partial charge in [0.25, 0.3) is 5.91 Å². The van der Waals surface area contributed by atoms with E-state index in [2.05, 4.69) is 10.3 Å². The number of carbonyl (C=O) groups excluding carboxylic acids is 1. The van der Waals surface area contributed by atoms with Crippen LogP contribution in [0.5, 0.6) is 0 Å². The lowest BCUT2D eigenvalue weighted by Crippen LogP contribution is -2.30. The van der Waals surface area contributed by atoms with Crippen molar-refractivity contribution in [2.75, 3.05) is 13.1 Å². The molecule has 6 nitrogen and oxygen atoms in total. The van der Waals surface area contributed by atoms with Crippen LogP contribution in [0.3, 0.4) is 0 Å². The Morgan fingerprint density at radius 1 is 1.17 bits per heavy atom. The van der Waals surface area contributed by atoms with Crippen LogP contribution in [0, 0.1) is 0 Å². The van der Waals surface area contributed by atoms with Crippen molar-refractivity contribution < 1.29 is 26.4 Å². The first-order valence-electron chi connectivity index (χ1n) is 9.11. The molecule has 1 aromatic heterocycles. The zero-order chi connectivity index (χ0) is 22.5. The summed E-state index contributed by atoms with van der Waals surface area (Å²) in [6.07, 6.45) is 1.18. The summed E-state index contributed by atoms with van der Waals surface area (Å²) >= 11 is -0.453. The molecule has 2 aromatic rings. The molecule has 1 heterocycles. The molecule has 30 heavy (non-hydrogen) atoms. The Balaban J connectivity index is 2.18. The molecule has 0 saturated carbocycles. The number of hydrogen-bond donors (Lipinski definition) is 1. The molecule has 0 saturated heterocycles. The van der Waals surface area contributed by atoms with E-state index in [0.29, 0.717) is 18.7 Å². The topological polar surface area (TPSA) is 79.4 Å². The largest absolute Gasteiger partial charge is 0.447 e. The van der Waals surface area contributed by atoms with Gasteiger partial charge in [-0.3, -0.25) is 4.79 Å². The number of pyridine rings is 1. The van der Waals surface area contributed by atoms with E-state index in [1.54, 1.807) is 32.9 Å². The normalized spacial score (nSPS) is 13.3. The number of nitrogens with one attached hydrogen (secondary N) is 1. The number of alkyl halides is 3. The molecule has 0 fully saturated rings. The summed E-state index contributed by atoms with van der Waals surface area (Å²) in [6.45, 7) is 5.83. The third kappa shape index (κ3) is 5.96. The minimum Gasteiger partial charge on any atom is -0.345 e. The standard InChI is InChI=1S/C19H22F3N3O3S2/c1-4-25(5-2)30(27,28)15-10-8-14(9-11-15)13(3)24-17(26)16-7-6-12-23-18(16)29-19(20,21)22/h6-13H,4-5H2,1-3H3,(H,24,26). The first-order chi connectivity index (χ1) is 14.0. The molecule has 2 rings (SSSR count). The summed E-state index contributed by atoms with van der Waals surface area (Å²) in [5.41, 5.74) is -4.15. The highest BCUT2D eigenvalue weighted by molar-refractivity contribution is 8.00. The lowest BCUT2D eigenvalue weighted by atomic mass is 10.1. The Morgan fingerprint density at radius 2 is 1.77 bits per heavy atom. The number of amides is 1. The summed E-state index contributed by atoms with van der Waals surface area (Å²) in [5.74, 6) is -0.706. The zero-order valence-corrected chi connectivity index (χ0v) is 18.2. The number of hydrogen-bond acceptors (Lipinski definition) is 5. The fourth-order valence-corrected chi connectivity index (χ4v) is 4.81. The van der Waals surface area contributed by atoms with Crippen LogP contribution in [-0.2, 0) is 10.0 Å². The van der Waals surface area contributed by atoms with Gasteiger partial charge in [0.1, 0.15) is 5.03 Å². The monoisotopic (exact) mass is 461 g/mol. The molecule has 1 aromatic carbocycles. The minimum atomic E-state index is -4.57. The Bertz CT molecular complexity index is 977. The van der Waals surface area contributed by atoms with E-state index < -0.39 is 44.3 Å². The zero-order valence-electron chi connectivity index (χ0n) is 16.6. The second kappa shape index (κ2) is 9.80. The molecule has 0 radical (unpaired) electrons. The van der Waals surface area contributed by atoms with Crippen LogP contribution in [0.4, 0.5) is 13.2 Å². The van der Waals surface area contributed by atoms with Crippen molar-refractivity contribution in [2.45, 2.75) is 42.2 Å². The molecule has 0 aliphatic heterocycles. The maximum atomic E-state index is 12.7. The minimum absolute atomic E-state index is 0.129. The maximum absolute atomic E-state index is 12.7. The molecular weight excluding hydrogens is 439 g/mol. The highest BCUT2D eigenvalue weighted by atomic mass is 32.2. The Kier molecular flexibility index (Phi) is 7.89. The fraction of sp³-hybridized carbons (Fsp3) is 0.368. The van der Waals surface area contributed by atoms with Gasteiger partial charge in [-0.25, -0.2) is 13.4 Å². The van der Waals surface area contributed by atoms with Crippen molar-refractivity contribution in [3.8, 4) is 0 Å². The first kappa shape index (κ1) is 24.2. The number of carbonyl (C=O) groups is 1. The number of aromatic nitrogens is 1. The van der Waals surface area contributed by atoms with Gasteiger partial charge in [0, 0.05) is 31.0 Å². The van der Waals surface area contributed by atoms with Gasteiger partial charge in [0.05, 0.1) is 16.5 Å². The van der Waals surface area contributed by atoms with Crippen molar-refractivity contribution in [3.63, 3.8) is 0 Å². The van der Waals surface area contributed by atoms with E-state index in [1.807, 2.05) is 0 Å². The lowest BCUT2D eigenvalue weighted by molar-refractivity contribution is -0.0329. The molecule has 1 atom stereocenters. The van der Waals surface area contributed by atoms with Crippen LogP contribution >= 0.6 is 11.8 Å². The summed E-state index contributed by atoms with van der Waals surface area (Å²) in [5, 5.41) is 2.19. The van der Waals surface area contributed by atoms with Gasteiger partial charge in [-0.2, -0.15) is 17.5 Å². The molecular formula is C19H22F3N3O3S2. The molecule has 0 aliphatic rings. The number of thioether (sulfide) groups is 1. The second-order valence-electron chi connectivity index (χ2n) is 6.26. The predicted octanol–water partition coefficient (Wildman–Crippen LogP) is 4.22. The predicted molar refractivity (Wildman–Crippen MR) is 109 cm³/mol. The molecule has 1 amide bonds. The van der Waals surface area contributed by atoms with Crippen molar-refractivity contribution in [1.82, 2.24) is 14.6 Å². The van der Waals surface area contributed by atoms with E-state index in [-0.39, 0.29) is 10.5 Å². The van der Waals surface area contributed by atoms with Gasteiger partial charge in [-0.15, -0.1) is 0 Å². The lowest BCUT2D eigenvalue weighted by Gasteiger charge is -2.19. The van der Waals surface area contributed by atoms with Crippen molar-refractivity contribution in [3.05, 3.63) is 53.7 Å². The molecule has 11 heteroatoms. The molecule has 1 unspecified atom stereocenters. The van der Waals surface area contributed by atoms with Crippen LogP contribution < -0.4 is 5.32 Å². The number of sulfonamides is 1. The number of halogens is 3. The summed E-state index contributed by atoms with van der Waals surface area (Å²) in [4.78, 5) is 16.3. The second-order valence-corrected chi connectivity index (χ2v) is 9.25. The smallest absolute Gasteiger partial charge is 0.345 e. The van der Waals surface area contributed by atoms with Crippen molar-refractivity contribution >= 4 is 27.7 Å². The van der Waals surface area contributed by atoms with Crippen LogP contribution in [0.2, 0.25) is 0 Å². The molecule has 164 valence electrons. The average molecular weight is 462 g/mol. The van der Waals surface area contributed by atoms with Gasteiger partial charge in [0.2, 0.25) is 10.0 Å². The Morgan fingerprint density at radius 3 is 2.30 bits per heavy atom. The summed E-state index contributed by atoms with van der Waals surface area (Å²) in [7, 11) is -3.60. The summed E-state index contributed by atoms with van der Waals surface area (Å²) in [6, 6.07) is 8.11. The number of rotatable bonds is 8.